The maximum atomic E-state index is 12.7. The third-order valence-corrected chi connectivity index (χ3v) is 9.30. The molecule has 1 aromatic heterocycles. The number of ether oxygens (including phenoxy) is 2. The van der Waals surface area contributed by atoms with Crippen molar-refractivity contribution in [3.63, 3.8) is 0 Å². The molecule has 0 bridgehead atoms. The SMILES string of the molecule is COC(=O)/C=C/C(=O)N1CCC(=[N+](C)c2nc(OC[C@@H]3CCCN3C)nc3c2CCN(c2cccc4cccc(Cl)c24)C3)C1. The molecule has 0 unspecified atom stereocenters. The predicted molar refractivity (Wildman–Crippen MR) is 170 cm³/mol. The van der Waals surface area contributed by atoms with E-state index in [0.29, 0.717) is 44.7 Å². The van der Waals surface area contributed by atoms with E-state index in [1.165, 1.54) is 13.2 Å². The van der Waals surface area contributed by atoms with Crippen molar-refractivity contribution in [3.8, 4) is 6.01 Å². The van der Waals surface area contributed by atoms with Gasteiger partial charge in [-0.1, -0.05) is 35.9 Å². The molecule has 0 spiro atoms. The average molecular weight is 618 g/mol. The second-order valence-electron chi connectivity index (χ2n) is 11.6. The molecule has 10 nitrogen and oxygen atoms in total. The Labute approximate surface area is 262 Å². The summed E-state index contributed by atoms with van der Waals surface area (Å²) < 4.78 is 13.0. The number of methoxy groups -OCH3 is 1. The van der Waals surface area contributed by atoms with E-state index in [1.807, 2.05) is 19.2 Å². The van der Waals surface area contributed by atoms with Crippen LogP contribution in [-0.2, 0) is 27.3 Å². The van der Waals surface area contributed by atoms with Gasteiger partial charge in [0.25, 0.3) is 0 Å². The van der Waals surface area contributed by atoms with Crippen LogP contribution in [0.25, 0.3) is 10.8 Å². The van der Waals surface area contributed by atoms with E-state index in [2.05, 4.69) is 50.4 Å². The van der Waals surface area contributed by atoms with Gasteiger partial charge in [-0.3, -0.25) is 4.79 Å². The van der Waals surface area contributed by atoms with Crippen LogP contribution in [0, 0.1) is 0 Å². The van der Waals surface area contributed by atoms with Gasteiger partial charge in [-0.2, -0.15) is 4.98 Å². The number of nitrogens with zero attached hydrogens (tertiary/aromatic N) is 6. The van der Waals surface area contributed by atoms with Crippen molar-refractivity contribution in [2.24, 2.45) is 0 Å². The minimum atomic E-state index is -0.553. The zero-order valence-electron chi connectivity index (χ0n) is 25.5. The second kappa shape index (κ2) is 12.9. The third kappa shape index (κ3) is 6.14. The molecule has 2 aromatic carbocycles. The Balaban J connectivity index is 1.32. The molecular formula is C33H38ClN6O4+. The summed E-state index contributed by atoms with van der Waals surface area (Å²) in [6, 6.07) is 13.0. The lowest BCUT2D eigenvalue weighted by atomic mass is 10.0. The number of halogens is 1. The van der Waals surface area contributed by atoms with Gasteiger partial charge in [0.05, 0.1) is 43.5 Å². The Hall–Kier alpha value is -4.02. The van der Waals surface area contributed by atoms with Gasteiger partial charge in [-0.05, 0) is 44.0 Å². The van der Waals surface area contributed by atoms with Crippen LogP contribution in [0.15, 0.2) is 48.6 Å². The third-order valence-electron chi connectivity index (χ3n) is 8.98. The second-order valence-corrected chi connectivity index (χ2v) is 12.0. The van der Waals surface area contributed by atoms with Gasteiger partial charge in [-0.25, -0.2) is 9.37 Å². The van der Waals surface area contributed by atoms with Gasteiger partial charge in [0.15, 0.2) is 0 Å². The number of likely N-dealkylation sites (N-methyl/N-ethyl adjacent to an activating group) is 1. The van der Waals surface area contributed by atoms with Crippen molar-refractivity contribution in [3.05, 3.63) is 64.8 Å². The lowest BCUT2D eigenvalue weighted by Crippen LogP contribution is -2.34. The van der Waals surface area contributed by atoms with Gasteiger partial charge >= 0.3 is 17.8 Å². The summed E-state index contributed by atoms with van der Waals surface area (Å²) in [4.78, 5) is 40.5. The highest BCUT2D eigenvalue weighted by Crippen LogP contribution is 2.36. The number of fused-ring (bicyclic) bond motifs is 2. The van der Waals surface area contributed by atoms with Gasteiger partial charge in [0.1, 0.15) is 12.3 Å². The quantitative estimate of drug-likeness (QED) is 0.223. The highest BCUT2D eigenvalue weighted by atomic mass is 35.5. The summed E-state index contributed by atoms with van der Waals surface area (Å²) in [5, 5.41) is 2.88. The normalized spacial score (nSPS) is 20.0. The molecule has 2 fully saturated rings. The van der Waals surface area contributed by atoms with Crippen LogP contribution >= 0.6 is 11.6 Å². The summed E-state index contributed by atoms with van der Waals surface area (Å²) in [5.74, 6) is 0.0371. The predicted octanol–water partition coefficient (Wildman–Crippen LogP) is 4.00. The first-order chi connectivity index (χ1) is 21.3. The van der Waals surface area contributed by atoms with Crippen molar-refractivity contribution in [1.29, 1.82) is 0 Å². The molecule has 4 heterocycles. The summed E-state index contributed by atoms with van der Waals surface area (Å²) in [5.41, 5.74) is 4.17. The van der Waals surface area contributed by atoms with Crippen LogP contribution in [0.5, 0.6) is 6.01 Å². The Morgan fingerprint density at radius 1 is 1.07 bits per heavy atom. The lowest BCUT2D eigenvalue weighted by Gasteiger charge is -2.31. The summed E-state index contributed by atoms with van der Waals surface area (Å²) in [6.45, 7) is 3.99. The van der Waals surface area contributed by atoms with E-state index in [0.717, 1.165) is 82.7 Å². The monoisotopic (exact) mass is 617 g/mol. The van der Waals surface area contributed by atoms with Crippen LogP contribution in [0.2, 0.25) is 5.02 Å². The molecule has 0 aliphatic carbocycles. The molecule has 6 rings (SSSR count). The van der Waals surface area contributed by atoms with Crippen molar-refractivity contribution in [2.75, 3.05) is 58.9 Å². The van der Waals surface area contributed by atoms with Crippen LogP contribution in [-0.4, -0.2) is 102 Å². The van der Waals surface area contributed by atoms with E-state index < -0.39 is 5.97 Å². The largest absolute Gasteiger partial charge is 0.466 e. The van der Waals surface area contributed by atoms with Gasteiger partial charge < -0.3 is 24.2 Å². The smallest absolute Gasteiger partial charge is 0.434 e. The number of esters is 1. The maximum Gasteiger partial charge on any atom is 0.434 e. The van der Waals surface area contributed by atoms with E-state index >= 15 is 0 Å². The minimum Gasteiger partial charge on any atom is -0.466 e. The average Bonchev–Trinajstić information content (AvgIpc) is 3.70. The lowest BCUT2D eigenvalue weighted by molar-refractivity contribution is -0.412. The number of benzene rings is 2. The van der Waals surface area contributed by atoms with E-state index in [-0.39, 0.29) is 5.91 Å². The molecule has 230 valence electrons. The van der Waals surface area contributed by atoms with Crippen LogP contribution in [0.3, 0.4) is 0 Å². The van der Waals surface area contributed by atoms with E-state index in [4.69, 9.17) is 26.3 Å². The number of likely N-dealkylation sites (tertiary alicyclic amines) is 2. The van der Waals surface area contributed by atoms with E-state index in [9.17, 15) is 9.59 Å². The maximum absolute atomic E-state index is 12.7. The fraction of sp³-hybridized carbons (Fsp3) is 0.424. The zero-order valence-corrected chi connectivity index (χ0v) is 26.2. The molecule has 0 N–H and O–H groups in total. The number of carbonyl (C=O) groups is 2. The van der Waals surface area contributed by atoms with Gasteiger partial charge in [0.2, 0.25) is 5.91 Å². The first kappa shape index (κ1) is 30.0. The number of anilines is 1. The zero-order chi connectivity index (χ0) is 30.8. The Bertz CT molecular complexity index is 1650. The molecule has 0 radical (unpaired) electrons. The molecule has 3 aromatic rings. The van der Waals surface area contributed by atoms with E-state index in [1.54, 1.807) is 4.90 Å². The molecule has 2 saturated heterocycles. The first-order valence-electron chi connectivity index (χ1n) is 15.1. The van der Waals surface area contributed by atoms with Gasteiger partial charge in [0, 0.05) is 60.2 Å². The Morgan fingerprint density at radius 3 is 2.66 bits per heavy atom. The van der Waals surface area contributed by atoms with Gasteiger partial charge in [-0.15, -0.1) is 0 Å². The minimum absolute atomic E-state index is 0.224. The Morgan fingerprint density at radius 2 is 1.89 bits per heavy atom. The molecule has 44 heavy (non-hydrogen) atoms. The Kier molecular flexibility index (Phi) is 8.81. The highest BCUT2D eigenvalue weighted by molar-refractivity contribution is 6.36. The topological polar surface area (TPSA) is 91.1 Å². The first-order valence-corrected chi connectivity index (χ1v) is 15.5. The molecule has 3 aliphatic heterocycles. The number of hydrogen-bond acceptors (Lipinski definition) is 8. The molecule has 3 aliphatic rings. The number of rotatable bonds is 7. The highest BCUT2D eigenvalue weighted by Gasteiger charge is 2.33. The van der Waals surface area contributed by atoms with Crippen LogP contribution in [0.1, 0.15) is 30.5 Å². The fourth-order valence-corrected chi connectivity index (χ4v) is 6.68. The van der Waals surface area contributed by atoms with Crippen LogP contribution < -0.4 is 9.64 Å². The molecule has 1 atom stereocenters. The molecular weight excluding hydrogens is 580 g/mol. The summed E-state index contributed by atoms with van der Waals surface area (Å²) in [7, 11) is 5.42. The van der Waals surface area contributed by atoms with Crippen molar-refractivity contribution in [1.82, 2.24) is 19.8 Å². The molecule has 0 saturated carbocycles. The number of carbonyl (C=O) groups excluding carboxylic acids is 2. The summed E-state index contributed by atoms with van der Waals surface area (Å²) >= 11 is 6.70. The number of aromatic nitrogens is 2. The molecule has 11 heteroatoms. The van der Waals surface area contributed by atoms with Crippen molar-refractivity contribution >= 4 is 51.5 Å². The van der Waals surface area contributed by atoms with Crippen molar-refractivity contribution < 1.29 is 23.6 Å². The summed E-state index contributed by atoms with van der Waals surface area (Å²) in [6.07, 6.45) is 6.13. The number of hydrogen-bond donors (Lipinski definition) is 0. The van der Waals surface area contributed by atoms with Crippen LogP contribution in [0.4, 0.5) is 11.5 Å². The fourth-order valence-electron chi connectivity index (χ4n) is 6.40. The number of amides is 1. The van der Waals surface area contributed by atoms with Crippen molar-refractivity contribution in [2.45, 2.75) is 38.3 Å². The standard InChI is InChI=1S/C33H38ClN6O4/c1-37-16-6-9-24(37)21-44-33-35-27-20-39(28-11-5-8-22-7-4-10-26(34)31(22)28)18-15-25(27)32(36-33)38(2)23-14-17-40(19-23)29(41)12-13-30(42)43-3/h4-5,7-8,10-13,24H,6,9,14-21H2,1-3H3/q+1/b13-12+,38-23?/t24-/m0/s1. The molecule has 1 amide bonds.